The molecular weight excluding hydrogens is 425 g/mol. The van der Waals surface area contributed by atoms with Crippen LogP contribution in [0.1, 0.15) is 17.0 Å². The van der Waals surface area contributed by atoms with E-state index in [0.29, 0.717) is 37.3 Å². The van der Waals surface area contributed by atoms with Crippen molar-refractivity contribution >= 4 is 17.0 Å². The maximum Gasteiger partial charge on any atom is 0.407 e. The van der Waals surface area contributed by atoms with E-state index < -0.39 is 12.2 Å². The van der Waals surface area contributed by atoms with Gasteiger partial charge in [-0.2, -0.15) is 0 Å². The van der Waals surface area contributed by atoms with Crippen molar-refractivity contribution in [2.75, 3.05) is 26.2 Å². The molecule has 1 fully saturated rings. The number of benzene rings is 2. The maximum atomic E-state index is 14.8. The lowest BCUT2D eigenvalue weighted by Crippen LogP contribution is -2.37. The van der Waals surface area contributed by atoms with Crippen LogP contribution in [0.25, 0.3) is 10.9 Å². The number of hydrogen-bond donors (Lipinski definition) is 2. The predicted octanol–water partition coefficient (Wildman–Crippen LogP) is 2.71. The largest absolute Gasteiger partial charge is 0.465 e. The van der Waals surface area contributed by atoms with Crippen LogP contribution in [-0.4, -0.2) is 63.0 Å². The van der Waals surface area contributed by atoms with Gasteiger partial charge in [-0.3, -0.25) is 9.69 Å². The van der Waals surface area contributed by atoms with Gasteiger partial charge in [0.1, 0.15) is 5.82 Å². The average molecular weight is 451 g/mol. The van der Waals surface area contributed by atoms with Crippen LogP contribution in [0.2, 0.25) is 0 Å². The molecule has 0 spiro atoms. The van der Waals surface area contributed by atoms with Crippen molar-refractivity contribution in [2.24, 2.45) is 5.92 Å². The molecule has 3 aromatic rings. The van der Waals surface area contributed by atoms with E-state index in [1.165, 1.54) is 17.0 Å². The zero-order valence-corrected chi connectivity index (χ0v) is 18.1. The molecule has 2 aliphatic rings. The summed E-state index contributed by atoms with van der Waals surface area (Å²) in [5.41, 5.74) is 1.96. The van der Waals surface area contributed by atoms with Gasteiger partial charge >= 0.3 is 6.09 Å². The maximum absolute atomic E-state index is 14.8. The fraction of sp³-hybridized carbons (Fsp3) is 0.360. The van der Waals surface area contributed by atoms with Gasteiger partial charge in [-0.25, -0.2) is 9.18 Å². The number of likely N-dealkylation sites (tertiary alicyclic amines) is 1. The van der Waals surface area contributed by atoms with Crippen LogP contribution in [-0.2, 0) is 13.1 Å². The van der Waals surface area contributed by atoms with Gasteiger partial charge < -0.3 is 19.7 Å². The van der Waals surface area contributed by atoms with Crippen LogP contribution >= 0.6 is 0 Å². The molecule has 3 atom stereocenters. The van der Waals surface area contributed by atoms with Gasteiger partial charge in [-0.15, -0.1) is 0 Å². The molecule has 172 valence electrons. The summed E-state index contributed by atoms with van der Waals surface area (Å²) >= 11 is 0. The summed E-state index contributed by atoms with van der Waals surface area (Å²) in [6, 6.07) is 15.7. The smallest absolute Gasteiger partial charge is 0.407 e. The molecule has 5 rings (SSSR count). The summed E-state index contributed by atoms with van der Waals surface area (Å²) < 4.78 is 16.4. The number of hydrogen-bond acceptors (Lipinski definition) is 4. The third-order valence-corrected chi connectivity index (χ3v) is 6.85. The van der Waals surface area contributed by atoms with Gasteiger partial charge in [0, 0.05) is 62.7 Å². The van der Waals surface area contributed by atoms with Crippen molar-refractivity contribution in [3.8, 4) is 0 Å². The van der Waals surface area contributed by atoms with E-state index in [1.807, 2.05) is 30.3 Å². The number of aliphatic hydroxyl groups excluding tert-OH is 1. The Morgan fingerprint density at radius 3 is 2.58 bits per heavy atom. The van der Waals surface area contributed by atoms with E-state index in [1.54, 1.807) is 16.7 Å². The number of aliphatic hydroxyl groups is 1. The zero-order valence-electron chi connectivity index (χ0n) is 18.1. The summed E-state index contributed by atoms with van der Waals surface area (Å²) in [6.07, 6.45) is -1.70. The van der Waals surface area contributed by atoms with Crippen LogP contribution in [0.3, 0.4) is 0 Å². The summed E-state index contributed by atoms with van der Waals surface area (Å²) in [5.74, 6) is -0.757. The van der Waals surface area contributed by atoms with Crippen molar-refractivity contribution in [3.05, 3.63) is 81.9 Å². The highest BCUT2D eigenvalue weighted by molar-refractivity contribution is 5.84. The lowest BCUT2D eigenvalue weighted by molar-refractivity contribution is 0.0994. The second-order valence-electron chi connectivity index (χ2n) is 9.07. The van der Waals surface area contributed by atoms with Gasteiger partial charge in [0.05, 0.1) is 11.6 Å². The minimum absolute atomic E-state index is 0.144. The molecule has 1 aromatic heterocycles. The molecule has 1 saturated heterocycles. The Bertz CT molecular complexity index is 1250. The van der Waals surface area contributed by atoms with Crippen LogP contribution in [0.4, 0.5) is 9.18 Å². The van der Waals surface area contributed by atoms with Crippen LogP contribution in [0.15, 0.2) is 59.4 Å². The molecule has 2 aromatic carbocycles. The summed E-state index contributed by atoms with van der Waals surface area (Å²) in [6.45, 7) is 2.28. The normalized spacial score (nSPS) is 22.2. The molecule has 7 nitrogen and oxygen atoms in total. The van der Waals surface area contributed by atoms with E-state index in [2.05, 4.69) is 4.90 Å². The number of amides is 1. The first-order chi connectivity index (χ1) is 15.9. The highest BCUT2D eigenvalue weighted by Crippen LogP contribution is 2.36. The quantitative estimate of drug-likeness (QED) is 0.602. The molecule has 1 unspecified atom stereocenters. The lowest BCUT2D eigenvalue weighted by Gasteiger charge is -2.25. The standard InChI is InChI=1S/C25H26FN3O4/c26-20-8-6-17-7-9-22(31)29-14-19(23(20)24(17)29)12-27-11-18(21(30)15-27)13-28(25(32)33)10-16-4-2-1-3-5-16/h1-9,18-19,21,30H,10-15H2,(H,32,33)/t18-,19?,21+/m0/s1. The molecule has 1 amide bonds. The Hall–Kier alpha value is -3.23. The van der Waals surface area contributed by atoms with E-state index in [4.69, 9.17) is 0 Å². The predicted molar refractivity (Wildman–Crippen MR) is 122 cm³/mol. The van der Waals surface area contributed by atoms with Crippen LogP contribution in [0.5, 0.6) is 0 Å². The number of carbonyl (C=O) groups is 1. The third kappa shape index (κ3) is 4.12. The monoisotopic (exact) mass is 451 g/mol. The molecule has 2 aliphatic heterocycles. The third-order valence-electron chi connectivity index (χ3n) is 6.85. The Balaban J connectivity index is 1.29. The van der Waals surface area contributed by atoms with Gasteiger partial charge in [0.2, 0.25) is 0 Å². The van der Waals surface area contributed by atoms with Crippen molar-refractivity contribution in [3.63, 3.8) is 0 Å². The van der Waals surface area contributed by atoms with E-state index >= 15 is 0 Å². The summed E-state index contributed by atoms with van der Waals surface area (Å²) in [5, 5.41) is 21.2. The van der Waals surface area contributed by atoms with E-state index in [9.17, 15) is 24.2 Å². The molecule has 0 saturated carbocycles. The van der Waals surface area contributed by atoms with E-state index in [0.717, 1.165) is 10.9 Å². The molecule has 0 aliphatic carbocycles. The van der Waals surface area contributed by atoms with Crippen molar-refractivity contribution in [1.82, 2.24) is 14.4 Å². The number of aromatic nitrogens is 1. The minimum Gasteiger partial charge on any atom is -0.465 e. The molecule has 33 heavy (non-hydrogen) atoms. The Morgan fingerprint density at radius 1 is 1.06 bits per heavy atom. The highest BCUT2D eigenvalue weighted by Gasteiger charge is 2.37. The Kier molecular flexibility index (Phi) is 5.64. The minimum atomic E-state index is -1.02. The molecule has 0 bridgehead atoms. The lowest BCUT2D eigenvalue weighted by atomic mass is 9.98. The number of β-amino-alcohol motifs (C(OH)–C–C–N with tert-alkyl or cyclic N) is 1. The SMILES string of the molecule is O=C(O)N(Cc1ccccc1)C[C@@H]1CN(CC2Cn3c(=O)ccc4ccc(F)c2c43)C[C@H]1O. The van der Waals surface area contributed by atoms with E-state index in [-0.39, 0.29) is 36.3 Å². The van der Waals surface area contributed by atoms with Crippen molar-refractivity contribution in [2.45, 2.75) is 25.1 Å². The summed E-state index contributed by atoms with van der Waals surface area (Å²) in [7, 11) is 0. The first kappa shape index (κ1) is 21.6. The fourth-order valence-electron chi connectivity index (χ4n) is 5.31. The fourth-order valence-corrected chi connectivity index (χ4v) is 5.31. The molecule has 2 N–H and O–H groups in total. The molecule has 0 radical (unpaired) electrons. The second kappa shape index (κ2) is 8.61. The molecule has 3 heterocycles. The number of rotatable bonds is 6. The number of pyridine rings is 1. The number of carboxylic acid groups (broad SMARTS) is 1. The summed E-state index contributed by atoms with van der Waals surface area (Å²) in [4.78, 5) is 27.6. The van der Waals surface area contributed by atoms with Gasteiger partial charge in [-0.05, 0) is 29.1 Å². The average Bonchev–Trinajstić information content (AvgIpc) is 3.34. The van der Waals surface area contributed by atoms with Gasteiger partial charge in [-0.1, -0.05) is 30.3 Å². The molecular formula is C25H26FN3O4. The molecule has 8 heteroatoms. The van der Waals surface area contributed by atoms with Crippen LogP contribution < -0.4 is 5.56 Å². The second-order valence-corrected chi connectivity index (χ2v) is 9.07. The Labute approximate surface area is 190 Å². The van der Waals surface area contributed by atoms with Gasteiger partial charge in [0.15, 0.2) is 0 Å². The number of nitrogens with zero attached hydrogens (tertiary/aromatic N) is 3. The number of halogens is 1. The first-order valence-corrected chi connectivity index (χ1v) is 11.1. The van der Waals surface area contributed by atoms with Crippen molar-refractivity contribution < 1.29 is 19.4 Å². The topological polar surface area (TPSA) is 86.0 Å². The van der Waals surface area contributed by atoms with Crippen molar-refractivity contribution in [1.29, 1.82) is 0 Å². The highest BCUT2D eigenvalue weighted by atomic mass is 19.1. The van der Waals surface area contributed by atoms with Crippen LogP contribution in [0, 0.1) is 11.7 Å². The zero-order chi connectivity index (χ0) is 23.1. The van der Waals surface area contributed by atoms with Gasteiger partial charge in [0.25, 0.3) is 5.56 Å². The first-order valence-electron chi connectivity index (χ1n) is 11.1. The Morgan fingerprint density at radius 2 is 1.82 bits per heavy atom.